The Balaban J connectivity index is 2.19. The molecule has 0 aromatic heterocycles. The zero-order valence-electron chi connectivity index (χ0n) is 23.2. The summed E-state index contributed by atoms with van der Waals surface area (Å²) < 4.78 is 0. The molecule has 0 spiro atoms. The molecule has 3 nitrogen and oxygen atoms in total. The quantitative estimate of drug-likeness (QED) is 0.325. The zero-order chi connectivity index (χ0) is 25.9. The topological polar surface area (TPSA) is 60.7 Å². The molecule has 0 radical (unpaired) electrons. The highest BCUT2D eigenvalue weighted by molar-refractivity contribution is 5.30. The number of allylic oxidation sites excluding steroid dienone is 4. The lowest BCUT2D eigenvalue weighted by molar-refractivity contribution is 0.0816. The van der Waals surface area contributed by atoms with E-state index in [0.29, 0.717) is 30.8 Å². The fourth-order valence-corrected chi connectivity index (χ4v) is 5.38. The van der Waals surface area contributed by atoms with E-state index in [4.69, 9.17) is 0 Å². The summed E-state index contributed by atoms with van der Waals surface area (Å²) in [6.45, 7) is 21.8. The van der Waals surface area contributed by atoms with Gasteiger partial charge in [0.2, 0.25) is 0 Å². The Hall–Kier alpha value is -1.16. The van der Waals surface area contributed by atoms with Gasteiger partial charge >= 0.3 is 0 Å². The number of rotatable bonds is 8. The maximum absolute atomic E-state index is 10.2. The summed E-state index contributed by atoms with van der Waals surface area (Å²) in [4.78, 5) is 0. The molecule has 0 aromatic carbocycles. The van der Waals surface area contributed by atoms with Gasteiger partial charge in [0.25, 0.3) is 0 Å². The van der Waals surface area contributed by atoms with E-state index in [0.717, 1.165) is 24.8 Å². The molecular formula is C31H52O3. The molecule has 4 atom stereocenters. The van der Waals surface area contributed by atoms with Crippen molar-refractivity contribution in [2.24, 2.45) is 22.2 Å². The molecule has 0 bridgehead atoms. The van der Waals surface area contributed by atoms with Crippen molar-refractivity contribution in [1.29, 1.82) is 0 Å². The van der Waals surface area contributed by atoms with Crippen molar-refractivity contribution < 1.29 is 15.3 Å². The lowest BCUT2D eigenvalue weighted by Gasteiger charge is -2.47. The van der Waals surface area contributed by atoms with Gasteiger partial charge in [0, 0.05) is 0 Å². The molecule has 34 heavy (non-hydrogen) atoms. The van der Waals surface area contributed by atoms with Crippen LogP contribution >= 0.6 is 0 Å². The Morgan fingerprint density at radius 3 is 2.18 bits per heavy atom. The molecule has 2 aliphatic carbocycles. The summed E-state index contributed by atoms with van der Waals surface area (Å²) >= 11 is 0. The smallest absolute Gasteiger partial charge is 0.0809 e. The Kier molecular flexibility index (Phi) is 9.27. The summed E-state index contributed by atoms with van der Waals surface area (Å²) in [5, 5.41) is 30.5. The van der Waals surface area contributed by atoms with E-state index in [9.17, 15) is 15.3 Å². The van der Waals surface area contributed by atoms with Gasteiger partial charge in [0.1, 0.15) is 0 Å². The average Bonchev–Trinajstić information content (AvgIpc) is 2.70. The van der Waals surface area contributed by atoms with Gasteiger partial charge in [-0.3, -0.25) is 0 Å². The van der Waals surface area contributed by atoms with Gasteiger partial charge in [-0.05, 0) is 93.0 Å². The molecule has 3 N–H and O–H groups in total. The second-order valence-corrected chi connectivity index (χ2v) is 13.3. The standard InChI is InChI=1S/C31H52O3/c1-22-12-10-13-25(15-14-24-20-26(32)23(2)27(33)21-24)31(22,9)19-18-29(5,6)28(3,4)16-11-17-30(7,8)34/h11,14-16,22,26-27,32-34H,2,10,12-13,17-21H2,1,3-9H3/b16-11+,25-15+/t22-,26-,27-,31-/m1/s1. The van der Waals surface area contributed by atoms with Crippen LogP contribution in [0.2, 0.25) is 0 Å². The van der Waals surface area contributed by atoms with Crippen LogP contribution in [0.25, 0.3) is 0 Å². The van der Waals surface area contributed by atoms with Crippen molar-refractivity contribution in [2.75, 3.05) is 0 Å². The number of aliphatic hydroxyl groups excluding tert-OH is 2. The summed E-state index contributed by atoms with van der Waals surface area (Å²) in [5.41, 5.74) is 2.78. The summed E-state index contributed by atoms with van der Waals surface area (Å²) in [6, 6.07) is 0. The average molecular weight is 473 g/mol. The molecule has 0 amide bonds. The first-order valence-corrected chi connectivity index (χ1v) is 13.3. The van der Waals surface area contributed by atoms with Gasteiger partial charge < -0.3 is 15.3 Å². The zero-order valence-corrected chi connectivity index (χ0v) is 23.2. The molecule has 3 heteroatoms. The van der Waals surface area contributed by atoms with E-state index < -0.39 is 17.8 Å². The minimum Gasteiger partial charge on any atom is -0.390 e. The molecular weight excluding hydrogens is 420 g/mol. The Labute approximate surface area is 209 Å². The van der Waals surface area contributed by atoms with Crippen LogP contribution in [0.3, 0.4) is 0 Å². The fourth-order valence-electron chi connectivity index (χ4n) is 5.38. The highest BCUT2D eigenvalue weighted by atomic mass is 16.3. The van der Waals surface area contributed by atoms with E-state index in [1.807, 2.05) is 13.8 Å². The van der Waals surface area contributed by atoms with Gasteiger partial charge in [-0.2, -0.15) is 0 Å². The third-order valence-electron chi connectivity index (χ3n) is 9.36. The molecule has 0 aromatic rings. The molecule has 2 fully saturated rings. The van der Waals surface area contributed by atoms with Crippen molar-refractivity contribution in [3.05, 3.63) is 47.6 Å². The monoisotopic (exact) mass is 472 g/mol. The molecule has 0 heterocycles. The van der Waals surface area contributed by atoms with Gasteiger partial charge in [-0.15, -0.1) is 0 Å². The first-order chi connectivity index (χ1) is 15.5. The number of aliphatic hydroxyl groups is 3. The van der Waals surface area contributed by atoms with Gasteiger partial charge in [-0.1, -0.05) is 83.6 Å². The molecule has 2 saturated carbocycles. The van der Waals surface area contributed by atoms with Crippen LogP contribution < -0.4 is 0 Å². The Morgan fingerprint density at radius 2 is 1.62 bits per heavy atom. The fraction of sp³-hybridized carbons (Fsp3) is 0.742. The predicted molar refractivity (Wildman–Crippen MR) is 145 cm³/mol. The van der Waals surface area contributed by atoms with Crippen LogP contribution in [-0.4, -0.2) is 33.1 Å². The summed E-state index contributed by atoms with van der Waals surface area (Å²) in [5.74, 6) is 0.623. The summed E-state index contributed by atoms with van der Waals surface area (Å²) in [6.07, 6.45) is 15.3. The largest absolute Gasteiger partial charge is 0.390 e. The van der Waals surface area contributed by atoms with Crippen molar-refractivity contribution in [1.82, 2.24) is 0 Å². The molecule has 0 unspecified atom stereocenters. The molecule has 0 saturated heterocycles. The van der Waals surface area contributed by atoms with E-state index in [1.54, 1.807) is 0 Å². The second kappa shape index (κ2) is 10.8. The SMILES string of the molecule is C=C1[C@H](O)CC(=C/C=C2\CCC[C@@H](C)[C@@]2(C)CCC(C)(C)C(C)(C)/C=C/CC(C)(C)O)C[C@H]1O. The molecule has 194 valence electrons. The van der Waals surface area contributed by atoms with Crippen LogP contribution in [0.1, 0.15) is 107 Å². The first-order valence-electron chi connectivity index (χ1n) is 13.3. The minimum absolute atomic E-state index is 0.0230. The van der Waals surface area contributed by atoms with Crippen LogP contribution in [0.15, 0.2) is 47.6 Å². The molecule has 2 rings (SSSR count). The van der Waals surface area contributed by atoms with Gasteiger partial charge in [-0.25, -0.2) is 0 Å². The normalized spacial score (nSPS) is 30.9. The van der Waals surface area contributed by atoms with Crippen LogP contribution in [0.4, 0.5) is 0 Å². The number of hydrogen-bond donors (Lipinski definition) is 3. The molecule has 0 aliphatic heterocycles. The van der Waals surface area contributed by atoms with Crippen LogP contribution in [0, 0.1) is 22.2 Å². The van der Waals surface area contributed by atoms with Crippen molar-refractivity contribution in [3.63, 3.8) is 0 Å². The third-order valence-corrected chi connectivity index (χ3v) is 9.36. The van der Waals surface area contributed by atoms with Gasteiger partial charge in [0.05, 0.1) is 17.8 Å². The van der Waals surface area contributed by atoms with E-state index in [2.05, 4.69) is 72.4 Å². The predicted octanol–water partition coefficient (Wildman–Crippen LogP) is 7.29. The molecule has 2 aliphatic rings. The third kappa shape index (κ3) is 7.18. The maximum atomic E-state index is 10.2. The first kappa shape index (κ1) is 29.1. The lowest BCUT2D eigenvalue weighted by Crippen LogP contribution is -2.36. The number of hydrogen-bond acceptors (Lipinski definition) is 3. The van der Waals surface area contributed by atoms with Gasteiger partial charge in [0.15, 0.2) is 0 Å². The van der Waals surface area contributed by atoms with Crippen molar-refractivity contribution >= 4 is 0 Å². The minimum atomic E-state index is -0.673. The van der Waals surface area contributed by atoms with Crippen molar-refractivity contribution in [2.45, 2.75) is 125 Å². The lowest BCUT2D eigenvalue weighted by atomic mass is 9.58. The van der Waals surface area contributed by atoms with E-state index >= 15 is 0 Å². The highest BCUT2D eigenvalue weighted by Crippen LogP contribution is 2.52. The maximum Gasteiger partial charge on any atom is 0.0809 e. The summed E-state index contributed by atoms with van der Waals surface area (Å²) in [7, 11) is 0. The van der Waals surface area contributed by atoms with Crippen LogP contribution in [0.5, 0.6) is 0 Å². The second-order valence-electron chi connectivity index (χ2n) is 13.3. The Morgan fingerprint density at radius 1 is 1.03 bits per heavy atom. The van der Waals surface area contributed by atoms with Crippen LogP contribution in [-0.2, 0) is 0 Å². The van der Waals surface area contributed by atoms with E-state index in [1.165, 1.54) is 18.4 Å². The van der Waals surface area contributed by atoms with Crippen molar-refractivity contribution in [3.8, 4) is 0 Å². The Bertz CT molecular complexity index is 789. The highest BCUT2D eigenvalue weighted by Gasteiger charge is 2.41. The van der Waals surface area contributed by atoms with E-state index in [-0.39, 0.29) is 16.2 Å².